The minimum absolute atomic E-state index is 0.189. The molecule has 4 nitrogen and oxygen atoms in total. The van der Waals surface area contributed by atoms with Gasteiger partial charge in [-0.3, -0.25) is 4.79 Å². The number of hydrogen-bond donors (Lipinski definition) is 1. The average Bonchev–Trinajstić information content (AvgIpc) is 3.39. The van der Waals surface area contributed by atoms with Crippen molar-refractivity contribution >= 4 is 29.1 Å². The molecule has 2 aromatic heterocycles. The summed E-state index contributed by atoms with van der Waals surface area (Å²) in [4.78, 5) is 12.6. The number of carbonyl (C=O) groups excluding carboxylic acids is 1. The van der Waals surface area contributed by atoms with Crippen LogP contribution in [0, 0.1) is 0 Å². The predicted molar refractivity (Wildman–Crippen MR) is 119 cm³/mol. The first-order valence-electron chi connectivity index (χ1n) is 10.0. The van der Waals surface area contributed by atoms with Crippen molar-refractivity contribution < 1.29 is 4.79 Å². The Bertz CT molecular complexity index is 1080. The maximum absolute atomic E-state index is 12.6. The SMILES string of the molecule is C=CC(=O)n1nc(NC2CCC2)c2c1CC(c1ccccc1)(c1ccsc1)C=C2. The van der Waals surface area contributed by atoms with Crippen molar-refractivity contribution in [2.75, 3.05) is 5.32 Å². The molecule has 0 aliphatic heterocycles. The van der Waals surface area contributed by atoms with Gasteiger partial charge in [-0.25, -0.2) is 0 Å². The lowest BCUT2D eigenvalue weighted by molar-refractivity contribution is 0.0950. The molecule has 5 heteroatoms. The Labute approximate surface area is 174 Å². The van der Waals surface area contributed by atoms with Gasteiger partial charge in [0.2, 0.25) is 0 Å². The number of allylic oxidation sites excluding steroid dienone is 2. The van der Waals surface area contributed by atoms with Crippen molar-refractivity contribution in [3.63, 3.8) is 0 Å². The smallest absolute Gasteiger partial charge is 0.270 e. The van der Waals surface area contributed by atoms with Gasteiger partial charge >= 0.3 is 0 Å². The molecule has 1 aromatic carbocycles. The second-order valence-corrected chi connectivity index (χ2v) is 8.57. The fourth-order valence-electron chi connectivity index (χ4n) is 4.30. The van der Waals surface area contributed by atoms with Crippen molar-refractivity contribution in [2.24, 2.45) is 0 Å². The molecule has 146 valence electrons. The molecular weight excluding hydrogens is 378 g/mol. The number of benzene rings is 1. The number of hydrogen-bond acceptors (Lipinski definition) is 4. The van der Waals surface area contributed by atoms with Crippen LogP contribution in [-0.4, -0.2) is 21.7 Å². The standard InChI is InChI=1S/C24H23N3OS/c1-2-22(28)27-21-15-24(18-12-14-29-16-18,17-7-4-3-5-8-17)13-11-20(21)23(26-27)25-19-9-6-10-19/h2-5,7-8,11-14,16,19H,1,6,9-10,15H2,(H,25,26). The Balaban J connectivity index is 1.65. The highest BCUT2D eigenvalue weighted by Gasteiger charge is 2.38. The van der Waals surface area contributed by atoms with Gasteiger partial charge in [-0.05, 0) is 53.3 Å². The second-order valence-electron chi connectivity index (χ2n) is 7.79. The zero-order chi connectivity index (χ0) is 19.8. The molecule has 29 heavy (non-hydrogen) atoms. The van der Waals surface area contributed by atoms with Crippen LogP contribution in [0.15, 0.2) is 65.9 Å². The molecule has 1 N–H and O–H groups in total. The Morgan fingerprint density at radius 1 is 1.24 bits per heavy atom. The molecule has 5 rings (SSSR count). The zero-order valence-corrected chi connectivity index (χ0v) is 17.0. The Morgan fingerprint density at radius 2 is 2.07 bits per heavy atom. The molecule has 2 heterocycles. The van der Waals surface area contributed by atoms with Gasteiger partial charge in [0.25, 0.3) is 5.91 Å². The molecule has 1 unspecified atom stereocenters. The topological polar surface area (TPSA) is 46.9 Å². The van der Waals surface area contributed by atoms with E-state index in [2.05, 4.69) is 70.2 Å². The third-order valence-electron chi connectivity index (χ3n) is 6.16. The number of fused-ring (bicyclic) bond motifs is 1. The highest BCUT2D eigenvalue weighted by atomic mass is 32.1. The summed E-state index contributed by atoms with van der Waals surface area (Å²) in [5, 5.41) is 12.5. The van der Waals surface area contributed by atoms with Crippen molar-refractivity contribution in [1.29, 1.82) is 0 Å². The molecule has 1 atom stereocenters. The van der Waals surface area contributed by atoms with Gasteiger partial charge in [-0.15, -0.1) is 5.10 Å². The summed E-state index contributed by atoms with van der Waals surface area (Å²) < 4.78 is 1.54. The molecule has 1 saturated carbocycles. The van der Waals surface area contributed by atoms with Gasteiger partial charge in [0, 0.05) is 23.4 Å². The highest BCUT2D eigenvalue weighted by Crippen LogP contribution is 2.44. The van der Waals surface area contributed by atoms with Gasteiger partial charge in [0.05, 0.1) is 5.69 Å². The van der Waals surface area contributed by atoms with Crippen LogP contribution in [0.1, 0.15) is 46.4 Å². The summed E-state index contributed by atoms with van der Waals surface area (Å²) in [5.74, 6) is 0.619. The van der Waals surface area contributed by atoms with E-state index in [-0.39, 0.29) is 11.3 Å². The van der Waals surface area contributed by atoms with E-state index in [0.29, 0.717) is 12.5 Å². The van der Waals surface area contributed by atoms with Crippen LogP contribution in [-0.2, 0) is 11.8 Å². The molecule has 2 aliphatic rings. The summed E-state index contributed by atoms with van der Waals surface area (Å²) in [5.41, 5.74) is 4.10. The third kappa shape index (κ3) is 2.97. The van der Waals surface area contributed by atoms with Gasteiger partial charge < -0.3 is 5.32 Å². The second kappa shape index (κ2) is 7.16. The minimum Gasteiger partial charge on any atom is -0.365 e. The monoisotopic (exact) mass is 401 g/mol. The van der Waals surface area contributed by atoms with E-state index in [0.717, 1.165) is 29.9 Å². The molecule has 1 fully saturated rings. The first kappa shape index (κ1) is 18.1. The van der Waals surface area contributed by atoms with Crippen molar-refractivity contribution in [1.82, 2.24) is 9.78 Å². The lowest BCUT2D eigenvalue weighted by Gasteiger charge is -2.34. The maximum Gasteiger partial charge on any atom is 0.270 e. The normalized spacial score (nSPS) is 20.7. The summed E-state index contributed by atoms with van der Waals surface area (Å²) >= 11 is 1.70. The first-order chi connectivity index (χ1) is 14.2. The third-order valence-corrected chi connectivity index (χ3v) is 6.84. The van der Waals surface area contributed by atoms with Gasteiger partial charge in [0.15, 0.2) is 5.82 Å². The lowest BCUT2D eigenvalue weighted by Crippen LogP contribution is -2.32. The lowest BCUT2D eigenvalue weighted by atomic mass is 9.69. The fraction of sp³-hybridized carbons (Fsp3) is 0.250. The number of nitrogens with one attached hydrogen (secondary N) is 1. The molecule has 2 aliphatic carbocycles. The van der Waals surface area contributed by atoms with E-state index in [1.807, 2.05) is 6.07 Å². The Morgan fingerprint density at radius 3 is 2.72 bits per heavy atom. The minimum atomic E-state index is -0.318. The summed E-state index contributed by atoms with van der Waals surface area (Å²) in [6.45, 7) is 3.68. The number of rotatable bonds is 5. The van der Waals surface area contributed by atoms with E-state index >= 15 is 0 Å². The van der Waals surface area contributed by atoms with Crippen molar-refractivity contribution in [2.45, 2.75) is 37.1 Å². The summed E-state index contributed by atoms with van der Waals surface area (Å²) in [7, 11) is 0. The molecular formula is C24H23N3OS. The molecule has 0 radical (unpaired) electrons. The van der Waals surface area contributed by atoms with Gasteiger partial charge in [0.1, 0.15) is 0 Å². The fourth-order valence-corrected chi connectivity index (χ4v) is 5.04. The number of anilines is 1. The van der Waals surface area contributed by atoms with Crippen molar-refractivity contribution in [3.8, 4) is 0 Å². The van der Waals surface area contributed by atoms with Crippen LogP contribution < -0.4 is 5.32 Å². The van der Waals surface area contributed by atoms with E-state index in [9.17, 15) is 4.79 Å². The highest BCUT2D eigenvalue weighted by molar-refractivity contribution is 7.08. The van der Waals surface area contributed by atoms with Crippen LogP contribution in [0.5, 0.6) is 0 Å². The van der Waals surface area contributed by atoms with Crippen LogP contribution >= 0.6 is 11.3 Å². The average molecular weight is 402 g/mol. The molecule has 0 saturated heterocycles. The van der Waals surface area contributed by atoms with Gasteiger partial charge in [-0.1, -0.05) is 49.1 Å². The molecule has 0 bridgehead atoms. The Hall–Kier alpha value is -2.92. The van der Waals surface area contributed by atoms with E-state index in [1.165, 1.54) is 28.3 Å². The summed E-state index contributed by atoms with van der Waals surface area (Å²) in [6.07, 6.45) is 10.0. The predicted octanol–water partition coefficient (Wildman–Crippen LogP) is 5.29. The Kier molecular flexibility index (Phi) is 4.47. The van der Waals surface area contributed by atoms with Crippen LogP contribution in [0.25, 0.3) is 6.08 Å². The first-order valence-corrected chi connectivity index (χ1v) is 11.0. The number of carbonyl (C=O) groups is 1. The van der Waals surface area contributed by atoms with Gasteiger partial charge in [-0.2, -0.15) is 16.0 Å². The largest absolute Gasteiger partial charge is 0.365 e. The van der Waals surface area contributed by atoms with Crippen molar-refractivity contribution in [3.05, 3.63) is 88.3 Å². The zero-order valence-electron chi connectivity index (χ0n) is 16.2. The number of aromatic nitrogens is 2. The quantitative estimate of drug-likeness (QED) is 0.591. The van der Waals surface area contributed by atoms with Crippen LogP contribution in [0.3, 0.4) is 0 Å². The van der Waals surface area contributed by atoms with Crippen LogP contribution in [0.4, 0.5) is 5.82 Å². The number of thiophene rings is 1. The van der Waals surface area contributed by atoms with E-state index < -0.39 is 0 Å². The van der Waals surface area contributed by atoms with Crippen LogP contribution in [0.2, 0.25) is 0 Å². The molecule has 0 amide bonds. The van der Waals surface area contributed by atoms with E-state index in [4.69, 9.17) is 0 Å². The maximum atomic E-state index is 12.6. The molecule has 0 spiro atoms. The summed E-state index contributed by atoms with van der Waals surface area (Å²) in [6, 6.07) is 13.1. The van der Waals surface area contributed by atoms with E-state index in [1.54, 1.807) is 11.3 Å². The molecule has 3 aromatic rings. The number of nitrogens with zero attached hydrogens (tertiary/aromatic N) is 2.